The van der Waals surface area contributed by atoms with Crippen molar-refractivity contribution >= 4 is 23.8 Å². The lowest BCUT2D eigenvalue weighted by atomic mass is 10.3. The summed E-state index contributed by atoms with van der Waals surface area (Å²) < 4.78 is 3.62. The molecule has 0 aromatic carbocycles. The van der Waals surface area contributed by atoms with Crippen LogP contribution < -0.4 is 0 Å². The highest BCUT2D eigenvalue weighted by atomic mass is 32.2. The monoisotopic (exact) mass is 209 g/mol. The first-order valence-corrected chi connectivity index (χ1v) is 4.98. The van der Waals surface area contributed by atoms with E-state index in [2.05, 4.69) is 14.3 Å². The molecule has 2 aromatic rings. The summed E-state index contributed by atoms with van der Waals surface area (Å²) in [7, 11) is 0. The summed E-state index contributed by atoms with van der Waals surface area (Å²) in [4.78, 5) is 8.46. The third kappa shape index (κ3) is 1.81. The Bertz CT molecular complexity index is 472. The molecule has 3 nitrogen and oxygen atoms in total. The predicted octanol–water partition coefficient (Wildman–Crippen LogP) is 2.57. The average Bonchev–Trinajstić information content (AvgIpc) is 2.52. The van der Waals surface area contributed by atoms with Crippen LogP contribution in [0.4, 0.5) is 0 Å². The van der Waals surface area contributed by atoms with Gasteiger partial charge in [0.2, 0.25) is 0 Å². The Morgan fingerprint density at radius 1 is 1.38 bits per heavy atom. The molecule has 2 aromatic heterocycles. The van der Waals surface area contributed by atoms with E-state index < -0.39 is 0 Å². The van der Waals surface area contributed by atoms with Gasteiger partial charge in [-0.2, -0.15) is 0 Å². The van der Waals surface area contributed by atoms with Crippen molar-refractivity contribution in [3.05, 3.63) is 27.8 Å². The van der Waals surface area contributed by atoms with Crippen molar-refractivity contribution in [2.45, 2.75) is 6.92 Å². The van der Waals surface area contributed by atoms with Gasteiger partial charge in [-0.15, -0.1) is 0 Å². The maximum absolute atomic E-state index is 4.91. The molecule has 0 aliphatic carbocycles. The number of rotatable bonds is 1. The van der Waals surface area contributed by atoms with Gasteiger partial charge in [-0.3, -0.25) is 4.37 Å². The van der Waals surface area contributed by atoms with Crippen molar-refractivity contribution in [3.8, 4) is 11.5 Å². The highest BCUT2D eigenvalue weighted by Gasteiger charge is 2.01. The number of aromatic nitrogens is 3. The van der Waals surface area contributed by atoms with E-state index in [4.69, 9.17) is 12.2 Å². The summed E-state index contributed by atoms with van der Waals surface area (Å²) in [5.41, 5.74) is 1.82. The van der Waals surface area contributed by atoms with Crippen LogP contribution in [0.5, 0.6) is 0 Å². The van der Waals surface area contributed by atoms with Crippen LogP contribution in [0.15, 0.2) is 18.2 Å². The van der Waals surface area contributed by atoms with Crippen LogP contribution in [-0.2, 0) is 0 Å². The Labute approximate surface area is 84.7 Å². The molecule has 66 valence electrons. The molecular formula is C8H7N3S2. The summed E-state index contributed by atoms with van der Waals surface area (Å²) in [6.07, 6.45) is 0. The molecule has 0 spiro atoms. The van der Waals surface area contributed by atoms with Crippen LogP contribution >= 0.6 is 23.8 Å². The largest absolute Gasteiger partial charge is 0.291 e. The number of aromatic amines is 1. The van der Waals surface area contributed by atoms with Gasteiger partial charge in [0.05, 0.1) is 0 Å². The lowest BCUT2D eigenvalue weighted by Gasteiger charge is -1.95. The number of hydrogen-bond donors (Lipinski definition) is 1. The Morgan fingerprint density at radius 3 is 2.85 bits per heavy atom. The standard InChI is InChI=1S/C8H7N3S2/c1-5-3-2-4-6(9-5)7-10-8(12)13-11-7/h2-4H,1H3,(H,10,11,12). The number of nitrogens with zero attached hydrogens (tertiary/aromatic N) is 2. The van der Waals surface area contributed by atoms with Gasteiger partial charge < -0.3 is 0 Å². The van der Waals surface area contributed by atoms with Gasteiger partial charge in [0.25, 0.3) is 0 Å². The maximum Gasteiger partial charge on any atom is 0.198 e. The fourth-order valence-corrected chi connectivity index (χ4v) is 1.70. The fourth-order valence-electron chi connectivity index (χ4n) is 1.01. The summed E-state index contributed by atoms with van der Waals surface area (Å²) in [5, 5.41) is 0. The minimum Gasteiger partial charge on any atom is -0.291 e. The topological polar surface area (TPSA) is 41.6 Å². The van der Waals surface area contributed by atoms with Crippen molar-refractivity contribution in [3.63, 3.8) is 0 Å². The fraction of sp³-hybridized carbons (Fsp3) is 0.125. The molecule has 2 rings (SSSR count). The van der Waals surface area contributed by atoms with E-state index in [1.54, 1.807) is 0 Å². The molecule has 0 radical (unpaired) electrons. The van der Waals surface area contributed by atoms with E-state index in [9.17, 15) is 0 Å². The zero-order valence-corrected chi connectivity index (χ0v) is 8.58. The van der Waals surface area contributed by atoms with Crippen molar-refractivity contribution in [2.75, 3.05) is 0 Å². The zero-order valence-electron chi connectivity index (χ0n) is 6.94. The van der Waals surface area contributed by atoms with E-state index >= 15 is 0 Å². The first-order chi connectivity index (χ1) is 6.25. The Morgan fingerprint density at radius 2 is 2.23 bits per heavy atom. The van der Waals surface area contributed by atoms with Crippen LogP contribution in [-0.4, -0.2) is 14.3 Å². The smallest absolute Gasteiger partial charge is 0.198 e. The molecule has 0 amide bonds. The van der Waals surface area contributed by atoms with Gasteiger partial charge in [0.1, 0.15) is 5.69 Å². The Hall–Kier alpha value is -1.07. The lowest BCUT2D eigenvalue weighted by Crippen LogP contribution is -1.87. The van der Waals surface area contributed by atoms with Crippen molar-refractivity contribution in [2.24, 2.45) is 0 Å². The van der Waals surface area contributed by atoms with Gasteiger partial charge >= 0.3 is 0 Å². The number of H-pyrrole nitrogens is 1. The minimum atomic E-state index is 0.610. The second-order valence-corrected chi connectivity index (χ2v) is 4.03. The van der Waals surface area contributed by atoms with Crippen molar-refractivity contribution in [1.82, 2.24) is 14.3 Å². The molecule has 13 heavy (non-hydrogen) atoms. The molecule has 0 unspecified atom stereocenters. The highest BCUT2D eigenvalue weighted by molar-refractivity contribution is 7.73. The molecular weight excluding hydrogens is 202 g/mol. The molecule has 0 bridgehead atoms. The normalized spacial score (nSPS) is 10.2. The van der Waals surface area contributed by atoms with Crippen LogP contribution in [0.1, 0.15) is 5.69 Å². The van der Waals surface area contributed by atoms with E-state index in [0.29, 0.717) is 3.95 Å². The zero-order chi connectivity index (χ0) is 9.26. The van der Waals surface area contributed by atoms with E-state index in [1.807, 2.05) is 25.1 Å². The van der Waals surface area contributed by atoms with Gasteiger partial charge in [-0.05, 0) is 42.8 Å². The molecule has 0 fully saturated rings. The van der Waals surface area contributed by atoms with E-state index in [-0.39, 0.29) is 0 Å². The molecule has 1 N–H and O–H groups in total. The number of hydrogen-bond acceptors (Lipinski definition) is 4. The summed E-state index contributed by atoms with van der Waals surface area (Å²) >= 11 is 6.26. The van der Waals surface area contributed by atoms with Crippen LogP contribution in [0.3, 0.4) is 0 Å². The maximum atomic E-state index is 4.91. The summed E-state index contributed by atoms with van der Waals surface area (Å²) in [6.45, 7) is 1.95. The third-order valence-corrected chi connectivity index (χ3v) is 2.47. The third-order valence-electron chi connectivity index (χ3n) is 1.57. The number of nitrogens with one attached hydrogen (secondary N) is 1. The van der Waals surface area contributed by atoms with Crippen LogP contribution in [0, 0.1) is 10.9 Å². The van der Waals surface area contributed by atoms with Gasteiger partial charge in [0.15, 0.2) is 9.78 Å². The minimum absolute atomic E-state index is 0.610. The molecule has 5 heteroatoms. The molecule has 2 heterocycles. The van der Waals surface area contributed by atoms with Gasteiger partial charge in [-0.25, -0.2) is 9.97 Å². The van der Waals surface area contributed by atoms with Gasteiger partial charge in [0, 0.05) is 5.69 Å². The van der Waals surface area contributed by atoms with Crippen LogP contribution in [0.25, 0.3) is 11.5 Å². The van der Waals surface area contributed by atoms with E-state index in [0.717, 1.165) is 17.2 Å². The molecule has 0 saturated carbocycles. The molecule has 0 aliphatic heterocycles. The Kier molecular flexibility index (Phi) is 2.20. The highest BCUT2D eigenvalue weighted by Crippen LogP contribution is 2.13. The Balaban J connectivity index is 2.52. The van der Waals surface area contributed by atoms with Gasteiger partial charge in [-0.1, -0.05) is 6.07 Å². The van der Waals surface area contributed by atoms with Crippen molar-refractivity contribution in [1.29, 1.82) is 0 Å². The van der Waals surface area contributed by atoms with E-state index in [1.165, 1.54) is 11.5 Å². The molecule has 0 atom stereocenters. The first-order valence-electron chi connectivity index (χ1n) is 3.75. The number of pyridine rings is 1. The molecule has 0 saturated heterocycles. The summed E-state index contributed by atoms with van der Waals surface area (Å²) in [5.74, 6) is 0.749. The second kappa shape index (κ2) is 3.35. The number of aryl methyl sites for hydroxylation is 1. The average molecular weight is 209 g/mol. The SMILES string of the molecule is Cc1cccc(-c2nc(=S)s[nH]2)n1. The molecule has 0 aliphatic rings. The summed E-state index contributed by atoms with van der Waals surface area (Å²) in [6, 6.07) is 5.81. The lowest BCUT2D eigenvalue weighted by molar-refractivity contribution is 1.16. The first kappa shape index (κ1) is 8.52. The second-order valence-electron chi connectivity index (χ2n) is 2.59. The quantitative estimate of drug-likeness (QED) is 0.734. The van der Waals surface area contributed by atoms with Crippen LogP contribution in [0.2, 0.25) is 0 Å². The van der Waals surface area contributed by atoms with Crippen molar-refractivity contribution < 1.29 is 0 Å². The predicted molar refractivity (Wildman–Crippen MR) is 55.3 cm³/mol.